The van der Waals surface area contributed by atoms with Crippen molar-refractivity contribution in [1.82, 2.24) is 9.97 Å². The number of hydrogen-bond acceptors (Lipinski definition) is 4. The lowest BCUT2D eigenvalue weighted by Crippen LogP contribution is -1.90. The predicted octanol–water partition coefficient (Wildman–Crippen LogP) is 2.41. The third kappa shape index (κ3) is 2.48. The van der Waals surface area contributed by atoms with Crippen LogP contribution in [-0.4, -0.2) is 15.1 Å². The summed E-state index contributed by atoms with van der Waals surface area (Å²) in [5.74, 6) is 0.862. The van der Waals surface area contributed by atoms with Crippen LogP contribution in [0.5, 0.6) is 11.6 Å². The highest BCUT2D eigenvalue weighted by Crippen LogP contribution is 2.24. The summed E-state index contributed by atoms with van der Waals surface area (Å²) in [6, 6.07) is 6.99. The Balaban J connectivity index is 2.18. The minimum absolute atomic E-state index is 0.00613. The fourth-order valence-electron chi connectivity index (χ4n) is 1.15. The van der Waals surface area contributed by atoms with Crippen molar-refractivity contribution in [3.8, 4) is 11.6 Å². The zero-order chi connectivity index (χ0) is 11.4. The smallest absolute Gasteiger partial charge is 0.257 e. The average molecular weight is 237 g/mol. The number of halogens is 1. The molecule has 0 aliphatic carbocycles. The molecule has 0 amide bonds. The van der Waals surface area contributed by atoms with Crippen LogP contribution >= 0.6 is 11.6 Å². The monoisotopic (exact) mass is 236 g/mol. The highest BCUT2D eigenvalue weighted by Gasteiger charge is 2.04. The van der Waals surface area contributed by atoms with Crippen LogP contribution in [0.2, 0.25) is 5.15 Å². The third-order valence-electron chi connectivity index (χ3n) is 1.94. The van der Waals surface area contributed by atoms with Crippen LogP contribution in [-0.2, 0) is 6.61 Å². The fraction of sp³-hybridized carbons (Fsp3) is 0.0909. The summed E-state index contributed by atoms with van der Waals surface area (Å²) in [6.45, 7) is 0.00613. The predicted molar refractivity (Wildman–Crippen MR) is 59.5 cm³/mol. The lowest BCUT2D eigenvalue weighted by molar-refractivity contribution is 0.281. The second kappa shape index (κ2) is 4.92. The molecule has 1 aromatic carbocycles. The van der Waals surface area contributed by atoms with Gasteiger partial charge in [-0.1, -0.05) is 23.7 Å². The Kier molecular flexibility index (Phi) is 3.34. The average Bonchev–Trinajstić information content (AvgIpc) is 2.33. The number of rotatable bonds is 3. The summed E-state index contributed by atoms with van der Waals surface area (Å²) in [4.78, 5) is 7.80. The molecule has 0 spiro atoms. The summed E-state index contributed by atoms with van der Waals surface area (Å²) in [5.41, 5.74) is 0.817. The Hall–Kier alpha value is -1.65. The number of aliphatic hydroxyl groups excluding tert-OH is 1. The molecule has 0 saturated carbocycles. The maximum atomic E-state index is 8.88. The van der Waals surface area contributed by atoms with Crippen molar-refractivity contribution in [3.63, 3.8) is 0 Å². The van der Waals surface area contributed by atoms with Gasteiger partial charge in [0.25, 0.3) is 5.88 Å². The van der Waals surface area contributed by atoms with E-state index >= 15 is 0 Å². The van der Waals surface area contributed by atoms with Gasteiger partial charge in [-0.2, -0.15) is 0 Å². The van der Waals surface area contributed by atoms with Crippen LogP contribution < -0.4 is 4.74 Å². The highest BCUT2D eigenvalue weighted by molar-refractivity contribution is 6.30. The zero-order valence-electron chi connectivity index (χ0n) is 8.30. The van der Waals surface area contributed by atoms with E-state index in [-0.39, 0.29) is 17.6 Å². The molecule has 0 atom stereocenters. The quantitative estimate of drug-likeness (QED) is 0.889. The first kappa shape index (κ1) is 10.9. The van der Waals surface area contributed by atoms with E-state index in [0.717, 1.165) is 5.56 Å². The van der Waals surface area contributed by atoms with Crippen molar-refractivity contribution < 1.29 is 9.84 Å². The first-order valence-corrected chi connectivity index (χ1v) is 5.01. The van der Waals surface area contributed by atoms with Gasteiger partial charge in [-0.3, -0.25) is 0 Å². The first-order valence-electron chi connectivity index (χ1n) is 4.64. The number of nitrogens with zero attached hydrogens (tertiary/aromatic N) is 2. The number of aliphatic hydroxyl groups is 1. The highest BCUT2D eigenvalue weighted by atomic mass is 35.5. The number of ether oxygens (including phenoxy) is 1. The van der Waals surface area contributed by atoms with Crippen LogP contribution in [0.15, 0.2) is 36.7 Å². The molecule has 5 heteroatoms. The molecule has 0 saturated heterocycles. The van der Waals surface area contributed by atoms with Crippen LogP contribution in [0, 0.1) is 0 Å². The van der Waals surface area contributed by atoms with Gasteiger partial charge in [0.05, 0.1) is 6.61 Å². The number of hydrogen-bond donors (Lipinski definition) is 1. The van der Waals surface area contributed by atoms with Gasteiger partial charge in [0.15, 0.2) is 5.15 Å². The van der Waals surface area contributed by atoms with Gasteiger partial charge in [-0.15, -0.1) is 0 Å². The Morgan fingerprint density at radius 3 is 2.44 bits per heavy atom. The minimum atomic E-state index is 0.00613. The van der Waals surface area contributed by atoms with Crippen molar-refractivity contribution in [2.24, 2.45) is 0 Å². The normalized spacial score (nSPS) is 10.1. The summed E-state index contributed by atoms with van der Waals surface area (Å²) in [5, 5.41) is 9.09. The molecule has 0 aliphatic heterocycles. The van der Waals surface area contributed by atoms with Crippen LogP contribution in [0.3, 0.4) is 0 Å². The Labute approximate surface area is 97.5 Å². The van der Waals surface area contributed by atoms with Crippen molar-refractivity contribution >= 4 is 11.6 Å². The van der Waals surface area contributed by atoms with Gasteiger partial charge < -0.3 is 9.84 Å². The first-order chi connectivity index (χ1) is 7.79. The molecule has 1 N–H and O–H groups in total. The fourth-order valence-corrected chi connectivity index (χ4v) is 1.29. The number of benzene rings is 1. The summed E-state index contributed by atoms with van der Waals surface area (Å²) in [6.07, 6.45) is 2.99. The van der Waals surface area contributed by atoms with Crippen molar-refractivity contribution in [2.75, 3.05) is 0 Å². The van der Waals surface area contributed by atoms with E-state index in [0.29, 0.717) is 5.75 Å². The van der Waals surface area contributed by atoms with Gasteiger partial charge in [0.1, 0.15) is 5.75 Å². The summed E-state index contributed by atoms with van der Waals surface area (Å²) < 4.78 is 5.42. The molecule has 0 bridgehead atoms. The van der Waals surface area contributed by atoms with E-state index in [9.17, 15) is 0 Å². The molecule has 1 heterocycles. The molecular weight excluding hydrogens is 228 g/mol. The molecule has 2 aromatic rings. The van der Waals surface area contributed by atoms with Crippen LogP contribution in [0.1, 0.15) is 5.56 Å². The Bertz CT molecular complexity index is 474. The molecule has 0 radical (unpaired) electrons. The second-order valence-electron chi connectivity index (χ2n) is 3.06. The summed E-state index contributed by atoms with van der Waals surface area (Å²) in [7, 11) is 0. The molecule has 82 valence electrons. The van der Waals surface area contributed by atoms with Crippen molar-refractivity contribution in [3.05, 3.63) is 47.4 Å². The van der Waals surface area contributed by atoms with E-state index in [1.54, 1.807) is 24.3 Å². The third-order valence-corrected chi connectivity index (χ3v) is 2.20. The van der Waals surface area contributed by atoms with Gasteiger partial charge in [-0.25, -0.2) is 9.97 Å². The van der Waals surface area contributed by atoms with Gasteiger partial charge in [0, 0.05) is 12.4 Å². The summed E-state index contributed by atoms with van der Waals surface area (Å²) >= 11 is 5.79. The van der Waals surface area contributed by atoms with Gasteiger partial charge in [-0.05, 0) is 17.7 Å². The topological polar surface area (TPSA) is 55.2 Å². The number of aromatic nitrogens is 2. The molecule has 4 nitrogen and oxygen atoms in total. The van der Waals surface area contributed by atoms with E-state index in [1.165, 1.54) is 12.4 Å². The Morgan fingerprint density at radius 1 is 1.12 bits per heavy atom. The van der Waals surface area contributed by atoms with Crippen molar-refractivity contribution in [1.29, 1.82) is 0 Å². The lowest BCUT2D eigenvalue weighted by Gasteiger charge is -2.05. The molecule has 0 unspecified atom stereocenters. The molecule has 0 fully saturated rings. The van der Waals surface area contributed by atoms with Crippen LogP contribution in [0.25, 0.3) is 0 Å². The maximum Gasteiger partial charge on any atom is 0.257 e. The van der Waals surface area contributed by atoms with Crippen molar-refractivity contribution in [2.45, 2.75) is 6.61 Å². The molecular formula is C11H9ClN2O2. The molecule has 1 aromatic heterocycles. The zero-order valence-corrected chi connectivity index (χ0v) is 9.05. The van der Waals surface area contributed by atoms with E-state index in [2.05, 4.69) is 9.97 Å². The Morgan fingerprint density at radius 2 is 1.81 bits per heavy atom. The van der Waals surface area contributed by atoms with E-state index in [4.69, 9.17) is 21.4 Å². The molecule has 2 rings (SSSR count). The largest absolute Gasteiger partial charge is 0.436 e. The molecule has 0 aliphatic rings. The minimum Gasteiger partial charge on any atom is -0.436 e. The second-order valence-corrected chi connectivity index (χ2v) is 3.41. The van der Waals surface area contributed by atoms with E-state index < -0.39 is 0 Å². The maximum absolute atomic E-state index is 8.88. The van der Waals surface area contributed by atoms with E-state index in [1.807, 2.05) is 0 Å². The SMILES string of the molecule is OCc1ccc(Oc2nccnc2Cl)cc1. The van der Waals surface area contributed by atoms with Crippen LogP contribution in [0.4, 0.5) is 0 Å². The lowest BCUT2D eigenvalue weighted by atomic mass is 10.2. The standard InChI is InChI=1S/C11H9ClN2O2/c12-10-11(14-6-5-13-10)16-9-3-1-8(7-15)2-4-9/h1-6,15H,7H2. The van der Waals surface area contributed by atoms with Gasteiger partial charge >= 0.3 is 0 Å². The van der Waals surface area contributed by atoms with Gasteiger partial charge in [0.2, 0.25) is 0 Å². The molecule has 16 heavy (non-hydrogen) atoms.